The maximum absolute atomic E-state index is 13.5. The highest BCUT2D eigenvalue weighted by molar-refractivity contribution is 7.89. The van der Waals surface area contributed by atoms with Crippen molar-refractivity contribution in [2.24, 2.45) is 0 Å². The molecular formula is C29H39N5O6S2. The first-order valence-electron chi connectivity index (χ1n) is 13.8. The Morgan fingerprint density at radius 3 is 2.50 bits per heavy atom. The Labute approximate surface area is 251 Å². The van der Waals surface area contributed by atoms with Crippen LogP contribution in [0.4, 0.5) is 15.3 Å². The number of hydrogen-bond donors (Lipinski definition) is 3. The first kappa shape index (κ1) is 33.0. The van der Waals surface area contributed by atoms with Gasteiger partial charge in [-0.3, -0.25) is 10.3 Å². The molecule has 11 nitrogen and oxygen atoms in total. The van der Waals surface area contributed by atoms with Gasteiger partial charge in [0, 0.05) is 35.2 Å². The highest BCUT2D eigenvalue weighted by atomic mass is 32.2. The minimum Gasteiger partial charge on any atom is -0.450 e. The molecule has 1 aromatic carbocycles. The first-order chi connectivity index (χ1) is 19.9. The lowest BCUT2D eigenvalue weighted by Gasteiger charge is -2.22. The summed E-state index contributed by atoms with van der Waals surface area (Å²) in [5.74, 6) is 0. The van der Waals surface area contributed by atoms with Crippen molar-refractivity contribution >= 4 is 39.2 Å². The van der Waals surface area contributed by atoms with Gasteiger partial charge in [-0.2, -0.15) is 0 Å². The summed E-state index contributed by atoms with van der Waals surface area (Å²) >= 11 is 1.41. The molecule has 1 atom stereocenters. The van der Waals surface area contributed by atoms with Crippen LogP contribution in [-0.2, 0) is 32.5 Å². The summed E-state index contributed by atoms with van der Waals surface area (Å²) < 4.78 is 39.9. The standard InChI is InChI=1S/C29H39N5O6S2/c1-6-20(32-27(35)39-7-2)12-10-13-26-31-18-24(41-26)23-15-14-21(17-25(23)42(37,38)34-29(3,4)5)33-28(36)40-19-22-11-8-9-16-30-22/h8-9,11,14-18,20,34H,6-7,10,12-13,19H2,1-5H3,(H,32,35)(H,33,36)/t20-/m0/s1. The normalized spacial score (nSPS) is 12.4. The number of ether oxygens (including phenoxy) is 2. The number of nitrogens with one attached hydrogen (secondary N) is 3. The lowest BCUT2D eigenvalue weighted by Crippen LogP contribution is -2.40. The monoisotopic (exact) mass is 617 g/mol. The van der Waals surface area contributed by atoms with Crippen LogP contribution >= 0.6 is 11.3 Å². The van der Waals surface area contributed by atoms with E-state index in [0.717, 1.165) is 24.3 Å². The number of alkyl carbamates (subject to hydrolysis) is 1. The average molecular weight is 618 g/mol. The number of aryl methyl sites for hydroxylation is 1. The zero-order valence-electron chi connectivity index (χ0n) is 24.6. The summed E-state index contributed by atoms with van der Waals surface area (Å²) in [4.78, 5) is 33.5. The zero-order valence-corrected chi connectivity index (χ0v) is 26.2. The van der Waals surface area contributed by atoms with E-state index in [1.165, 1.54) is 17.4 Å². The van der Waals surface area contributed by atoms with Crippen LogP contribution in [0.15, 0.2) is 53.7 Å². The number of hydrogen-bond acceptors (Lipinski definition) is 9. The molecule has 0 saturated carbocycles. The molecule has 3 aromatic rings. The van der Waals surface area contributed by atoms with Crippen LogP contribution in [-0.4, -0.2) is 48.8 Å². The fourth-order valence-corrected chi connectivity index (χ4v) is 6.76. The molecule has 0 spiro atoms. The Hall–Kier alpha value is -3.55. The molecule has 0 aliphatic rings. The van der Waals surface area contributed by atoms with E-state index < -0.39 is 27.7 Å². The third-order valence-corrected chi connectivity index (χ3v) is 8.78. The molecule has 0 saturated heterocycles. The van der Waals surface area contributed by atoms with Gasteiger partial charge in [0.05, 0.1) is 27.1 Å². The van der Waals surface area contributed by atoms with Crippen LogP contribution in [0.1, 0.15) is 64.6 Å². The van der Waals surface area contributed by atoms with Gasteiger partial charge in [-0.1, -0.05) is 19.1 Å². The number of carbonyl (C=O) groups excluding carboxylic acids is 2. The van der Waals surface area contributed by atoms with Gasteiger partial charge in [-0.05, 0) is 77.6 Å². The predicted molar refractivity (Wildman–Crippen MR) is 163 cm³/mol. The predicted octanol–water partition coefficient (Wildman–Crippen LogP) is 5.88. The highest BCUT2D eigenvalue weighted by Gasteiger charge is 2.26. The molecule has 3 N–H and O–H groups in total. The molecule has 3 rings (SSSR count). The van der Waals surface area contributed by atoms with Gasteiger partial charge >= 0.3 is 12.2 Å². The molecule has 42 heavy (non-hydrogen) atoms. The molecule has 0 radical (unpaired) electrons. The molecule has 228 valence electrons. The maximum Gasteiger partial charge on any atom is 0.412 e. The van der Waals surface area contributed by atoms with Gasteiger partial charge in [-0.25, -0.2) is 27.7 Å². The molecule has 0 aliphatic carbocycles. The van der Waals surface area contributed by atoms with E-state index in [0.29, 0.717) is 29.2 Å². The van der Waals surface area contributed by atoms with Crippen molar-refractivity contribution in [2.45, 2.75) is 83.4 Å². The van der Waals surface area contributed by atoms with Crippen molar-refractivity contribution in [3.63, 3.8) is 0 Å². The van der Waals surface area contributed by atoms with E-state index in [2.05, 4.69) is 25.3 Å². The van der Waals surface area contributed by atoms with Crippen LogP contribution in [0.3, 0.4) is 0 Å². The van der Waals surface area contributed by atoms with E-state index >= 15 is 0 Å². The van der Waals surface area contributed by atoms with Crippen LogP contribution in [0.25, 0.3) is 10.4 Å². The fraction of sp³-hybridized carbons (Fsp3) is 0.448. The molecule has 0 aliphatic heterocycles. The van der Waals surface area contributed by atoms with Gasteiger partial charge in [0.2, 0.25) is 10.0 Å². The molecule has 0 unspecified atom stereocenters. The van der Waals surface area contributed by atoms with Gasteiger partial charge in [0.25, 0.3) is 0 Å². The largest absolute Gasteiger partial charge is 0.450 e. The van der Waals surface area contributed by atoms with Crippen LogP contribution < -0.4 is 15.4 Å². The second-order valence-corrected chi connectivity index (χ2v) is 13.3. The van der Waals surface area contributed by atoms with Crippen molar-refractivity contribution in [2.75, 3.05) is 11.9 Å². The highest BCUT2D eigenvalue weighted by Crippen LogP contribution is 2.34. The van der Waals surface area contributed by atoms with E-state index in [4.69, 9.17) is 9.47 Å². The van der Waals surface area contributed by atoms with Crippen molar-refractivity contribution in [3.8, 4) is 10.4 Å². The number of rotatable bonds is 13. The smallest absolute Gasteiger partial charge is 0.412 e. The molecule has 13 heteroatoms. The Balaban J connectivity index is 1.76. The first-order valence-corrected chi connectivity index (χ1v) is 16.1. The molecule has 2 heterocycles. The second kappa shape index (κ2) is 15.1. The van der Waals surface area contributed by atoms with E-state index in [9.17, 15) is 18.0 Å². The van der Waals surface area contributed by atoms with Crippen molar-refractivity contribution < 1.29 is 27.5 Å². The Morgan fingerprint density at radius 1 is 1.05 bits per heavy atom. The number of sulfonamides is 1. The number of thiazole rings is 1. The van der Waals surface area contributed by atoms with E-state index in [1.54, 1.807) is 70.4 Å². The van der Waals surface area contributed by atoms with Crippen molar-refractivity contribution in [3.05, 3.63) is 59.5 Å². The lowest BCUT2D eigenvalue weighted by molar-refractivity contribution is 0.147. The van der Waals surface area contributed by atoms with E-state index in [-0.39, 0.29) is 23.2 Å². The third kappa shape index (κ3) is 10.4. The summed E-state index contributed by atoms with van der Waals surface area (Å²) in [6, 6.07) is 9.98. The molecule has 2 amide bonds. The maximum atomic E-state index is 13.5. The van der Waals surface area contributed by atoms with Crippen LogP contribution in [0, 0.1) is 0 Å². The molecule has 2 aromatic heterocycles. The Morgan fingerprint density at radius 2 is 1.83 bits per heavy atom. The number of pyridine rings is 1. The SMILES string of the molecule is CCOC(=O)N[C@@H](CC)CCCc1ncc(-c2ccc(NC(=O)OCc3ccccn3)cc2S(=O)(=O)NC(C)(C)C)s1. The minimum atomic E-state index is -3.97. The lowest BCUT2D eigenvalue weighted by atomic mass is 10.1. The molecular weight excluding hydrogens is 578 g/mol. The Bertz CT molecular complexity index is 1440. The number of anilines is 1. The average Bonchev–Trinajstić information content (AvgIpc) is 3.39. The van der Waals surface area contributed by atoms with Crippen LogP contribution in [0.2, 0.25) is 0 Å². The van der Waals surface area contributed by atoms with E-state index in [1.807, 2.05) is 6.92 Å². The number of amides is 2. The third-order valence-electron chi connectivity index (χ3n) is 5.89. The van der Waals surface area contributed by atoms with Gasteiger partial charge < -0.3 is 14.8 Å². The zero-order chi connectivity index (χ0) is 30.8. The number of aromatic nitrogens is 2. The topological polar surface area (TPSA) is 149 Å². The molecule has 0 bridgehead atoms. The van der Waals surface area contributed by atoms with Crippen LogP contribution in [0.5, 0.6) is 0 Å². The summed E-state index contributed by atoms with van der Waals surface area (Å²) in [5.41, 5.74) is 0.594. The summed E-state index contributed by atoms with van der Waals surface area (Å²) in [6.07, 6.45) is 5.12. The van der Waals surface area contributed by atoms with Gasteiger partial charge in [-0.15, -0.1) is 11.3 Å². The summed E-state index contributed by atoms with van der Waals surface area (Å²) in [7, 11) is -3.97. The Kier molecular flexibility index (Phi) is 11.8. The van der Waals surface area contributed by atoms with Gasteiger partial charge in [0.15, 0.2) is 0 Å². The summed E-state index contributed by atoms with van der Waals surface area (Å²) in [5, 5.41) is 6.32. The fourth-order valence-electron chi connectivity index (χ4n) is 4.03. The molecule has 0 fully saturated rings. The number of carbonyl (C=O) groups is 2. The second-order valence-electron chi connectivity index (χ2n) is 10.6. The summed E-state index contributed by atoms with van der Waals surface area (Å²) in [6.45, 7) is 9.33. The number of nitrogens with zero attached hydrogens (tertiary/aromatic N) is 2. The van der Waals surface area contributed by atoms with Crippen molar-refractivity contribution in [1.29, 1.82) is 0 Å². The van der Waals surface area contributed by atoms with Crippen molar-refractivity contribution in [1.82, 2.24) is 20.0 Å². The quantitative estimate of drug-likeness (QED) is 0.215. The number of benzene rings is 1. The van der Waals surface area contributed by atoms with Gasteiger partial charge in [0.1, 0.15) is 6.61 Å². The minimum absolute atomic E-state index is 0.000564.